The molecule has 1 N–H and O–H groups in total. The summed E-state index contributed by atoms with van der Waals surface area (Å²) in [4.78, 5) is 24.9. The Morgan fingerprint density at radius 2 is 1.66 bits per heavy atom. The number of ether oxygens (including phenoxy) is 1. The summed E-state index contributed by atoms with van der Waals surface area (Å²) in [6.45, 7) is 2.32. The number of thiol groups is 1. The summed E-state index contributed by atoms with van der Waals surface area (Å²) in [5, 5.41) is 2.69. The van der Waals surface area contributed by atoms with E-state index in [9.17, 15) is 9.59 Å². The Morgan fingerprint density at radius 3 is 2.31 bits per heavy atom. The molecule has 0 heterocycles. The standard InChI is InChI=1S/C22H19BrN2O3S/c1-15-12-18(23)19(13-20(15)28-14-16-8-4-2-5-9-16)24-22(27)25(29)21(26)17-10-6-3-7-11-17/h2-13,29H,14H2,1H3,(H,24,27). The van der Waals surface area contributed by atoms with Crippen LogP contribution in [-0.2, 0) is 6.61 Å². The van der Waals surface area contributed by atoms with Crippen molar-refractivity contribution in [1.29, 1.82) is 0 Å². The van der Waals surface area contributed by atoms with Crippen LogP contribution in [0.15, 0.2) is 77.3 Å². The van der Waals surface area contributed by atoms with Crippen LogP contribution in [-0.4, -0.2) is 16.2 Å². The van der Waals surface area contributed by atoms with Crippen LogP contribution in [0, 0.1) is 6.92 Å². The summed E-state index contributed by atoms with van der Waals surface area (Å²) in [5.74, 6) is 0.114. The van der Waals surface area contributed by atoms with E-state index < -0.39 is 11.9 Å². The lowest BCUT2D eigenvalue weighted by Gasteiger charge is -2.17. The van der Waals surface area contributed by atoms with E-state index in [0.717, 1.165) is 15.4 Å². The second-order valence-electron chi connectivity index (χ2n) is 6.28. The van der Waals surface area contributed by atoms with Crippen molar-refractivity contribution in [3.05, 3.63) is 94.0 Å². The van der Waals surface area contributed by atoms with Crippen molar-refractivity contribution in [2.75, 3.05) is 5.32 Å². The number of carbonyl (C=O) groups is 2. The first-order valence-corrected chi connectivity index (χ1v) is 10.0. The van der Waals surface area contributed by atoms with Crippen LogP contribution in [0.1, 0.15) is 21.5 Å². The van der Waals surface area contributed by atoms with Gasteiger partial charge in [-0.15, -0.1) is 0 Å². The van der Waals surface area contributed by atoms with Crippen LogP contribution in [0.25, 0.3) is 0 Å². The number of urea groups is 1. The first-order valence-electron chi connectivity index (χ1n) is 8.82. The maximum absolute atomic E-state index is 12.5. The third-order valence-electron chi connectivity index (χ3n) is 4.15. The Morgan fingerprint density at radius 1 is 1.03 bits per heavy atom. The number of anilines is 1. The lowest BCUT2D eigenvalue weighted by atomic mass is 10.2. The zero-order valence-electron chi connectivity index (χ0n) is 15.6. The van der Waals surface area contributed by atoms with Crippen LogP contribution in [0.3, 0.4) is 0 Å². The Bertz CT molecular complexity index is 1010. The van der Waals surface area contributed by atoms with Gasteiger partial charge in [0.25, 0.3) is 5.91 Å². The zero-order chi connectivity index (χ0) is 20.8. The van der Waals surface area contributed by atoms with E-state index in [4.69, 9.17) is 4.74 Å². The molecular formula is C22H19BrN2O3S. The number of hydrogen-bond acceptors (Lipinski definition) is 4. The van der Waals surface area contributed by atoms with Gasteiger partial charge in [0.1, 0.15) is 12.4 Å². The summed E-state index contributed by atoms with van der Waals surface area (Å²) in [5.41, 5.74) is 2.79. The molecule has 0 spiro atoms. The normalized spacial score (nSPS) is 10.3. The van der Waals surface area contributed by atoms with E-state index >= 15 is 0 Å². The van der Waals surface area contributed by atoms with Crippen molar-refractivity contribution in [3.63, 3.8) is 0 Å². The summed E-state index contributed by atoms with van der Waals surface area (Å²) in [6, 6.07) is 21.2. The highest BCUT2D eigenvalue weighted by Crippen LogP contribution is 2.31. The third-order valence-corrected chi connectivity index (χ3v) is 5.17. The molecule has 0 aliphatic carbocycles. The summed E-state index contributed by atoms with van der Waals surface area (Å²) >= 11 is 7.49. The number of amides is 3. The van der Waals surface area contributed by atoms with E-state index in [1.54, 1.807) is 36.4 Å². The van der Waals surface area contributed by atoms with Gasteiger partial charge in [-0.25, -0.2) is 9.10 Å². The van der Waals surface area contributed by atoms with Crippen molar-refractivity contribution in [3.8, 4) is 5.75 Å². The summed E-state index contributed by atoms with van der Waals surface area (Å²) in [7, 11) is 0. The Labute approximate surface area is 183 Å². The molecule has 0 fully saturated rings. The van der Waals surface area contributed by atoms with E-state index in [2.05, 4.69) is 34.1 Å². The second kappa shape index (κ2) is 9.62. The SMILES string of the molecule is Cc1cc(Br)c(NC(=O)N(S)C(=O)c2ccccc2)cc1OCc1ccccc1. The first kappa shape index (κ1) is 21.0. The van der Waals surface area contributed by atoms with E-state index in [1.807, 2.05) is 43.3 Å². The topological polar surface area (TPSA) is 58.6 Å². The molecule has 3 rings (SSSR count). The molecule has 0 aliphatic rings. The molecule has 3 aromatic rings. The Hall–Kier alpha value is -2.77. The fraction of sp³-hybridized carbons (Fsp3) is 0.0909. The van der Waals surface area contributed by atoms with Gasteiger partial charge in [-0.2, -0.15) is 0 Å². The highest BCUT2D eigenvalue weighted by atomic mass is 79.9. The number of hydrogen-bond donors (Lipinski definition) is 2. The van der Waals surface area contributed by atoms with Crippen LogP contribution in [0.2, 0.25) is 0 Å². The van der Waals surface area contributed by atoms with Gasteiger partial charge in [0.05, 0.1) is 5.69 Å². The molecule has 3 amide bonds. The maximum atomic E-state index is 12.5. The molecule has 148 valence electrons. The van der Waals surface area contributed by atoms with Crippen LogP contribution >= 0.6 is 28.7 Å². The molecule has 5 nitrogen and oxygen atoms in total. The van der Waals surface area contributed by atoms with Crippen LogP contribution in [0.5, 0.6) is 5.75 Å². The number of halogens is 1. The predicted octanol–water partition coefficient (Wildman–Crippen LogP) is 5.86. The van der Waals surface area contributed by atoms with Gasteiger partial charge in [0, 0.05) is 16.1 Å². The smallest absolute Gasteiger partial charge is 0.338 e. The number of nitrogens with zero attached hydrogens (tertiary/aromatic N) is 1. The van der Waals surface area contributed by atoms with Crippen molar-refractivity contribution < 1.29 is 14.3 Å². The molecule has 0 aliphatic heterocycles. The predicted molar refractivity (Wildman–Crippen MR) is 120 cm³/mol. The number of benzene rings is 3. The molecule has 0 saturated carbocycles. The minimum absolute atomic E-state index is 0.368. The Balaban J connectivity index is 1.72. The molecule has 7 heteroatoms. The molecule has 0 unspecified atom stereocenters. The summed E-state index contributed by atoms with van der Waals surface area (Å²) < 4.78 is 7.32. The molecule has 0 saturated heterocycles. The van der Waals surface area contributed by atoms with Gasteiger partial charge in [0.2, 0.25) is 0 Å². The molecule has 29 heavy (non-hydrogen) atoms. The van der Waals surface area contributed by atoms with Gasteiger partial charge in [0.15, 0.2) is 0 Å². The lowest BCUT2D eigenvalue weighted by Crippen LogP contribution is -2.32. The van der Waals surface area contributed by atoms with Crippen LogP contribution in [0.4, 0.5) is 10.5 Å². The number of imide groups is 1. The molecule has 3 aromatic carbocycles. The molecular weight excluding hydrogens is 452 g/mol. The van der Waals surface area contributed by atoms with Crippen molar-refractivity contribution in [2.24, 2.45) is 0 Å². The number of aryl methyl sites for hydroxylation is 1. The van der Waals surface area contributed by atoms with Gasteiger partial charge < -0.3 is 10.1 Å². The average molecular weight is 471 g/mol. The number of rotatable bonds is 5. The van der Waals surface area contributed by atoms with Crippen LogP contribution < -0.4 is 10.1 Å². The van der Waals surface area contributed by atoms with E-state index in [0.29, 0.717) is 28.1 Å². The van der Waals surface area contributed by atoms with Gasteiger partial charge in [-0.3, -0.25) is 4.79 Å². The quantitative estimate of drug-likeness (QED) is 0.459. The largest absolute Gasteiger partial charge is 0.489 e. The monoisotopic (exact) mass is 470 g/mol. The number of carbonyl (C=O) groups excluding carboxylic acids is 2. The van der Waals surface area contributed by atoms with Crippen molar-refractivity contribution in [1.82, 2.24) is 4.31 Å². The minimum Gasteiger partial charge on any atom is -0.489 e. The zero-order valence-corrected chi connectivity index (χ0v) is 18.1. The third kappa shape index (κ3) is 5.40. The maximum Gasteiger partial charge on any atom is 0.338 e. The minimum atomic E-state index is -0.666. The average Bonchev–Trinajstić information content (AvgIpc) is 2.75. The highest BCUT2D eigenvalue weighted by Gasteiger charge is 2.21. The molecule has 0 bridgehead atoms. The second-order valence-corrected chi connectivity index (χ2v) is 7.54. The Kier molecular flexibility index (Phi) is 6.95. The molecule has 0 radical (unpaired) electrons. The fourth-order valence-electron chi connectivity index (χ4n) is 2.60. The summed E-state index contributed by atoms with van der Waals surface area (Å²) in [6.07, 6.45) is 0. The van der Waals surface area contributed by atoms with E-state index in [-0.39, 0.29) is 0 Å². The molecule has 0 aromatic heterocycles. The van der Waals surface area contributed by atoms with Crippen molar-refractivity contribution >= 4 is 46.4 Å². The first-order chi connectivity index (χ1) is 14.0. The lowest BCUT2D eigenvalue weighted by molar-refractivity contribution is 0.0902. The number of nitrogens with one attached hydrogen (secondary N) is 1. The van der Waals surface area contributed by atoms with Gasteiger partial charge in [-0.1, -0.05) is 61.3 Å². The highest BCUT2D eigenvalue weighted by molar-refractivity contribution is 9.10. The van der Waals surface area contributed by atoms with E-state index in [1.165, 1.54) is 0 Å². The van der Waals surface area contributed by atoms with Gasteiger partial charge in [-0.05, 0) is 52.2 Å². The molecule has 0 atom stereocenters. The fourth-order valence-corrected chi connectivity index (χ4v) is 3.33. The van der Waals surface area contributed by atoms with Crippen molar-refractivity contribution in [2.45, 2.75) is 13.5 Å². The van der Waals surface area contributed by atoms with Gasteiger partial charge >= 0.3 is 6.03 Å².